The number of nitrogens with two attached hydrogens (primary N) is 1. The van der Waals surface area contributed by atoms with Crippen molar-refractivity contribution in [2.45, 2.75) is 19.1 Å². The summed E-state index contributed by atoms with van der Waals surface area (Å²) in [4.78, 5) is 2.43. The van der Waals surface area contributed by atoms with E-state index < -0.39 is 0 Å². The second-order valence-corrected chi connectivity index (χ2v) is 5.61. The maximum atomic E-state index is 6.09. The fraction of sp³-hybridized carbons (Fsp3) is 0.222. The van der Waals surface area contributed by atoms with E-state index in [1.165, 1.54) is 22.1 Å². The number of benzene rings is 2. The van der Waals surface area contributed by atoms with Crippen molar-refractivity contribution in [1.82, 2.24) is 4.90 Å². The van der Waals surface area contributed by atoms with Crippen molar-refractivity contribution in [3.05, 3.63) is 71.5 Å². The van der Waals surface area contributed by atoms with E-state index in [9.17, 15) is 0 Å². The lowest BCUT2D eigenvalue weighted by molar-refractivity contribution is 0.205. The first-order valence-corrected chi connectivity index (χ1v) is 7.34. The van der Waals surface area contributed by atoms with Crippen LogP contribution in [0.2, 0.25) is 0 Å². The highest BCUT2D eigenvalue weighted by Gasteiger charge is 2.27. The molecular formula is C18H18N2O. The van der Waals surface area contributed by atoms with Crippen LogP contribution in [0.3, 0.4) is 0 Å². The standard InChI is InChI=1S/C18H18N2O/c19-9-17(16-12-21-18-8-4-3-7-15(16)18)20-10-13-5-1-2-6-14(13)11-20/h1-8,12,17H,9-11,19H2. The summed E-state index contributed by atoms with van der Waals surface area (Å²) in [5.41, 5.74) is 11.0. The molecule has 1 aliphatic heterocycles. The summed E-state index contributed by atoms with van der Waals surface area (Å²) in [6, 6.07) is 17.0. The molecule has 106 valence electrons. The topological polar surface area (TPSA) is 42.4 Å². The Labute approximate surface area is 124 Å². The maximum Gasteiger partial charge on any atom is 0.134 e. The Bertz CT molecular complexity index is 752. The number of hydrogen-bond acceptors (Lipinski definition) is 3. The van der Waals surface area contributed by atoms with Gasteiger partial charge in [0.15, 0.2) is 0 Å². The highest BCUT2D eigenvalue weighted by molar-refractivity contribution is 5.81. The molecule has 2 N–H and O–H groups in total. The molecule has 0 radical (unpaired) electrons. The first-order valence-electron chi connectivity index (χ1n) is 7.34. The third-order valence-electron chi connectivity index (χ3n) is 4.40. The van der Waals surface area contributed by atoms with Gasteiger partial charge in [-0.1, -0.05) is 42.5 Å². The maximum absolute atomic E-state index is 6.09. The van der Waals surface area contributed by atoms with Crippen LogP contribution in [0.4, 0.5) is 0 Å². The molecule has 1 aliphatic rings. The Morgan fingerprint density at radius 3 is 2.38 bits per heavy atom. The molecule has 1 aromatic heterocycles. The van der Waals surface area contributed by atoms with Gasteiger partial charge in [-0.15, -0.1) is 0 Å². The molecule has 1 atom stereocenters. The van der Waals surface area contributed by atoms with E-state index in [2.05, 4.69) is 35.2 Å². The number of furan rings is 1. The van der Waals surface area contributed by atoms with E-state index in [0.29, 0.717) is 6.54 Å². The Morgan fingerprint density at radius 1 is 1.00 bits per heavy atom. The molecule has 3 aromatic rings. The predicted molar refractivity (Wildman–Crippen MR) is 83.7 cm³/mol. The van der Waals surface area contributed by atoms with E-state index in [1.807, 2.05) is 24.5 Å². The van der Waals surface area contributed by atoms with Crippen LogP contribution in [0, 0.1) is 0 Å². The first-order chi connectivity index (χ1) is 10.4. The quantitative estimate of drug-likeness (QED) is 0.798. The van der Waals surface area contributed by atoms with Gasteiger partial charge in [0, 0.05) is 30.6 Å². The zero-order valence-corrected chi connectivity index (χ0v) is 11.8. The van der Waals surface area contributed by atoms with Crippen LogP contribution in [0.15, 0.2) is 59.2 Å². The van der Waals surface area contributed by atoms with Gasteiger partial charge < -0.3 is 10.2 Å². The van der Waals surface area contributed by atoms with Crippen molar-refractivity contribution < 1.29 is 4.42 Å². The van der Waals surface area contributed by atoms with Crippen molar-refractivity contribution in [1.29, 1.82) is 0 Å². The number of para-hydroxylation sites is 1. The van der Waals surface area contributed by atoms with Crippen LogP contribution in [-0.4, -0.2) is 11.4 Å². The van der Waals surface area contributed by atoms with Crippen LogP contribution in [0.25, 0.3) is 11.0 Å². The summed E-state index contributed by atoms with van der Waals surface area (Å²) in [5, 5.41) is 1.17. The molecule has 1 unspecified atom stereocenters. The fourth-order valence-electron chi connectivity index (χ4n) is 3.31. The number of fused-ring (bicyclic) bond motifs is 2. The van der Waals surface area contributed by atoms with Gasteiger partial charge in [0.25, 0.3) is 0 Å². The molecule has 3 heteroatoms. The van der Waals surface area contributed by atoms with E-state index >= 15 is 0 Å². The van der Waals surface area contributed by atoms with Crippen molar-refractivity contribution in [2.75, 3.05) is 6.54 Å². The monoisotopic (exact) mass is 278 g/mol. The zero-order chi connectivity index (χ0) is 14.2. The lowest BCUT2D eigenvalue weighted by Gasteiger charge is -2.25. The summed E-state index contributed by atoms with van der Waals surface area (Å²) in [7, 11) is 0. The molecule has 0 saturated heterocycles. The zero-order valence-electron chi connectivity index (χ0n) is 11.8. The number of nitrogens with zero attached hydrogens (tertiary/aromatic N) is 1. The number of hydrogen-bond donors (Lipinski definition) is 1. The van der Waals surface area contributed by atoms with Gasteiger partial charge in [0.1, 0.15) is 5.58 Å². The SMILES string of the molecule is NCC(c1coc2ccccc12)N1Cc2ccccc2C1. The molecular weight excluding hydrogens is 260 g/mol. The summed E-state index contributed by atoms with van der Waals surface area (Å²) in [6.07, 6.45) is 1.87. The van der Waals surface area contributed by atoms with Gasteiger partial charge in [-0.2, -0.15) is 0 Å². The fourth-order valence-corrected chi connectivity index (χ4v) is 3.31. The Hall–Kier alpha value is -2.10. The van der Waals surface area contributed by atoms with Crippen molar-refractivity contribution in [3.8, 4) is 0 Å². The Kier molecular flexibility index (Phi) is 3.02. The molecule has 2 aromatic carbocycles. The second-order valence-electron chi connectivity index (χ2n) is 5.61. The van der Waals surface area contributed by atoms with Gasteiger partial charge in [0.2, 0.25) is 0 Å². The van der Waals surface area contributed by atoms with Gasteiger partial charge in [-0.05, 0) is 17.2 Å². The minimum Gasteiger partial charge on any atom is -0.464 e. The third-order valence-corrected chi connectivity index (χ3v) is 4.40. The lowest BCUT2D eigenvalue weighted by atomic mass is 10.0. The lowest BCUT2D eigenvalue weighted by Crippen LogP contribution is -2.29. The van der Waals surface area contributed by atoms with Crippen LogP contribution in [-0.2, 0) is 13.1 Å². The molecule has 0 spiro atoms. The summed E-state index contributed by atoms with van der Waals surface area (Å²) < 4.78 is 5.69. The molecule has 3 nitrogen and oxygen atoms in total. The predicted octanol–water partition coefficient (Wildman–Crippen LogP) is 3.45. The molecule has 0 bridgehead atoms. The third kappa shape index (κ3) is 2.06. The molecule has 0 aliphatic carbocycles. The molecule has 4 rings (SSSR count). The molecule has 0 amide bonds. The minimum atomic E-state index is 0.195. The van der Waals surface area contributed by atoms with Gasteiger partial charge in [0.05, 0.1) is 12.3 Å². The normalized spacial score (nSPS) is 16.2. The van der Waals surface area contributed by atoms with E-state index in [0.717, 1.165) is 18.7 Å². The van der Waals surface area contributed by atoms with Crippen LogP contribution < -0.4 is 5.73 Å². The molecule has 2 heterocycles. The van der Waals surface area contributed by atoms with Crippen LogP contribution >= 0.6 is 0 Å². The molecule has 21 heavy (non-hydrogen) atoms. The summed E-state index contributed by atoms with van der Waals surface area (Å²) in [6.45, 7) is 2.51. The summed E-state index contributed by atoms with van der Waals surface area (Å²) >= 11 is 0. The Balaban J connectivity index is 1.70. The van der Waals surface area contributed by atoms with E-state index in [1.54, 1.807) is 0 Å². The second kappa shape index (κ2) is 5.02. The largest absolute Gasteiger partial charge is 0.464 e. The van der Waals surface area contributed by atoms with Gasteiger partial charge in [-0.25, -0.2) is 0 Å². The number of rotatable bonds is 3. The smallest absolute Gasteiger partial charge is 0.134 e. The van der Waals surface area contributed by atoms with E-state index in [-0.39, 0.29) is 6.04 Å². The van der Waals surface area contributed by atoms with Crippen molar-refractivity contribution in [3.63, 3.8) is 0 Å². The van der Waals surface area contributed by atoms with Gasteiger partial charge >= 0.3 is 0 Å². The van der Waals surface area contributed by atoms with Crippen LogP contribution in [0.5, 0.6) is 0 Å². The van der Waals surface area contributed by atoms with Crippen molar-refractivity contribution in [2.24, 2.45) is 5.73 Å². The highest BCUT2D eigenvalue weighted by Crippen LogP contribution is 2.34. The molecule has 0 fully saturated rings. The average molecular weight is 278 g/mol. The van der Waals surface area contributed by atoms with E-state index in [4.69, 9.17) is 10.2 Å². The summed E-state index contributed by atoms with van der Waals surface area (Å²) in [5.74, 6) is 0. The molecule has 0 saturated carbocycles. The van der Waals surface area contributed by atoms with Gasteiger partial charge in [-0.3, -0.25) is 4.90 Å². The first kappa shape index (κ1) is 12.6. The highest BCUT2D eigenvalue weighted by atomic mass is 16.3. The average Bonchev–Trinajstić information content (AvgIpc) is 3.13. The Morgan fingerprint density at radius 2 is 1.67 bits per heavy atom. The van der Waals surface area contributed by atoms with Crippen molar-refractivity contribution >= 4 is 11.0 Å². The van der Waals surface area contributed by atoms with Crippen LogP contribution in [0.1, 0.15) is 22.7 Å². The minimum absolute atomic E-state index is 0.195.